The van der Waals surface area contributed by atoms with E-state index in [2.05, 4.69) is 6.92 Å². The van der Waals surface area contributed by atoms with Crippen molar-refractivity contribution < 1.29 is 23.8 Å². The molecule has 0 atom stereocenters. The Morgan fingerprint density at radius 3 is 1.97 bits per heavy atom. The van der Waals surface area contributed by atoms with E-state index < -0.39 is 5.97 Å². The maximum Gasteiger partial charge on any atom is 0.343 e. The fraction of sp³-hybridized carbons (Fsp3) is 0.448. The quantitative estimate of drug-likeness (QED) is 0.112. The van der Waals surface area contributed by atoms with E-state index in [0.29, 0.717) is 24.5 Å². The third kappa shape index (κ3) is 11.2. The van der Waals surface area contributed by atoms with Crippen molar-refractivity contribution in [3.8, 4) is 11.5 Å². The van der Waals surface area contributed by atoms with Crippen LogP contribution in [0, 0.1) is 0 Å². The molecule has 0 aromatic heterocycles. The number of hydrogen-bond donors (Lipinski definition) is 0. The first kappa shape index (κ1) is 27.2. The van der Waals surface area contributed by atoms with E-state index in [1.807, 2.05) is 6.92 Å². The molecule has 0 unspecified atom stereocenters. The van der Waals surface area contributed by atoms with Gasteiger partial charge in [-0.2, -0.15) is 0 Å². The number of carbonyl (C=O) groups is 2. The minimum Gasteiger partial charge on any atom is -0.494 e. The molecule has 0 amide bonds. The van der Waals surface area contributed by atoms with Crippen LogP contribution in [0.3, 0.4) is 0 Å². The molecule has 2 aromatic carbocycles. The van der Waals surface area contributed by atoms with Crippen molar-refractivity contribution >= 4 is 18.0 Å². The molecular formula is C29H38O5. The van der Waals surface area contributed by atoms with Crippen LogP contribution in [0.2, 0.25) is 0 Å². The van der Waals surface area contributed by atoms with Gasteiger partial charge in [0.2, 0.25) is 0 Å². The molecule has 0 aliphatic rings. The topological polar surface area (TPSA) is 61.8 Å². The van der Waals surface area contributed by atoms with Crippen LogP contribution in [-0.2, 0) is 9.53 Å². The molecule has 0 N–H and O–H groups in total. The van der Waals surface area contributed by atoms with E-state index in [0.717, 1.165) is 24.2 Å². The molecule has 0 aliphatic heterocycles. The number of rotatable bonds is 16. The monoisotopic (exact) mass is 466 g/mol. The average Bonchev–Trinajstić information content (AvgIpc) is 2.86. The van der Waals surface area contributed by atoms with Crippen LogP contribution in [-0.4, -0.2) is 25.2 Å². The highest BCUT2D eigenvalue weighted by atomic mass is 16.5. The molecule has 0 fully saturated rings. The maximum absolute atomic E-state index is 12.4. The van der Waals surface area contributed by atoms with Gasteiger partial charge in [0.15, 0.2) is 0 Å². The second-order valence-electron chi connectivity index (χ2n) is 8.31. The van der Waals surface area contributed by atoms with Gasteiger partial charge in [0.25, 0.3) is 0 Å². The predicted molar refractivity (Wildman–Crippen MR) is 136 cm³/mol. The second kappa shape index (κ2) is 16.5. The fourth-order valence-corrected chi connectivity index (χ4v) is 3.34. The number of esters is 2. The second-order valence-corrected chi connectivity index (χ2v) is 8.31. The van der Waals surface area contributed by atoms with Crippen LogP contribution in [0.15, 0.2) is 54.6 Å². The number of ether oxygens (including phenoxy) is 3. The first-order valence-electron chi connectivity index (χ1n) is 12.5. The zero-order valence-corrected chi connectivity index (χ0v) is 20.6. The summed E-state index contributed by atoms with van der Waals surface area (Å²) >= 11 is 0. The normalized spacial score (nSPS) is 10.9. The number of unbranched alkanes of at least 4 members (excludes halogenated alkanes) is 7. The number of carbonyl (C=O) groups excluding carboxylic acids is 2. The summed E-state index contributed by atoms with van der Waals surface area (Å²) in [5.74, 6) is 0.391. The smallest absolute Gasteiger partial charge is 0.343 e. The average molecular weight is 467 g/mol. The molecular weight excluding hydrogens is 428 g/mol. The molecule has 34 heavy (non-hydrogen) atoms. The summed E-state index contributed by atoms with van der Waals surface area (Å²) < 4.78 is 16.2. The summed E-state index contributed by atoms with van der Waals surface area (Å²) in [4.78, 5) is 23.9. The van der Waals surface area contributed by atoms with Gasteiger partial charge in [0.1, 0.15) is 11.5 Å². The molecule has 0 heterocycles. The number of benzene rings is 2. The lowest BCUT2D eigenvalue weighted by Crippen LogP contribution is -2.08. The summed E-state index contributed by atoms with van der Waals surface area (Å²) in [6.07, 6.45) is 14.0. The van der Waals surface area contributed by atoms with Gasteiger partial charge in [-0.3, -0.25) is 0 Å². The van der Waals surface area contributed by atoms with Crippen LogP contribution < -0.4 is 9.47 Å². The Kier molecular flexibility index (Phi) is 13.2. The van der Waals surface area contributed by atoms with Crippen molar-refractivity contribution in [2.75, 3.05) is 13.2 Å². The summed E-state index contributed by atoms with van der Waals surface area (Å²) in [6.45, 7) is 5.28. The zero-order chi connectivity index (χ0) is 24.4. The molecule has 0 saturated heterocycles. The highest BCUT2D eigenvalue weighted by Crippen LogP contribution is 2.18. The first-order valence-corrected chi connectivity index (χ1v) is 12.5. The van der Waals surface area contributed by atoms with Crippen LogP contribution >= 0.6 is 0 Å². The highest BCUT2D eigenvalue weighted by Gasteiger charge is 2.09. The lowest BCUT2D eigenvalue weighted by Gasteiger charge is -2.08. The molecule has 184 valence electrons. The molecule has 5 nitrogen and oxygen atoms in total. The third-order valence-corrected chi connectivity index (χ3v) is 5.31. The highest BCUT2D eigenvalue weighted by molar-refractivity contribution is 5.91. The van der Waals surface area contributed by atoms with Gasteiger partial charge in [-0.1, -0.05) is 70.9 Å². The van der Waals surface area contributed by atoms with Crippen LogP contribution in [0.25, 0.3) is 6.08 Å². The molecule has 0 bridgehead atoms. The summed E-state index contributed by atoms with van der Waals surface area (Å²) in [5, 5.41) is 0. The standard InChI is InChI=1S/C29H38O5/c1-3-5-6-7-8-9-10-11-23-32-26-19-15-25(16-20-26)29(31)34-27-17-12-24(13-18-27)14-21-28(30)33-22-4-2/h12-21H,3-11,22-23H2,1-2H3/b21-14+. The van der Waals surface area contributed by atoms with Crippen LogP contribution in [0.4, 0.5) is 0 Å². The Labute approximate surface area is 204 Å². The largest absolute Gasteiger partial charge is 0.494 e. The van der Waals surface area contributed by atoms with Crippen molar-refractivity contribution in [3.05, 3.63) is 65.7 Å². The zero-order valence-electron chi connectivity index (χ0n) is 20.6. The van der Waals surface area contributed by atoms with E-state index in [1.165, 1.54) is 51.0 Å². The Morgan fingerprint density at radius 2 is 1.32 bits per heavy atom. The van der Waals surface area contributed by atoms with Gasteiger partial charge in [-0.25, -0.2) is 9.59 Å². The van der Waals surface area contributed by atoms with Gasteiger partial charge in [-0.05, 0) is 60.9 Å². The van der Waals surface area contributed by atoms with Crippen molar-refractivity contribution in [2.45, 2.75) is 71.6 Å². The Bertz CT molecular complexity index is 868. The van der Waals surface area contributed by atoms with Crippen molar-refractivity contribution in [1.29, 1.82) is 0 Å². The van der Waals surface area contributed by atoms with Crippen molar-refractivity contribution in [1.82, 2.24) is 0 Å². The Hall–Kier alpha value is -3.08. The maximum atomic E-state index is 12.4. The molecule has 0 aliphatic carbocycles. The lowest BCUT2D eigenvalue weighted by molar-refractivity contribution is -0.137. The van der Waals surface area contributed by atoms with E-state index in [9.17, 15) is 9.59 Å². The van der Waals surface area contributed by atoms with Crippen LogP contribution in [0.1, 0.15) is 87.6 Å². The first-order chi connectivity index (χ1) is 16.6. The lowest BCUT2D eigenvalue weighted by atomic mass is 10.1. The molecule has 0 saturated carbocycles. The van der Waals surface area contributed by atoms with Gasteiger partial charge in [0, 0.05) is 6.08 Å². The Morgan fingerprint density at radius 1 is 0.706 bits per heavy atom. The van der Waals surface area contributed by atoms with Crippen molar-refractivity contribution in [3.63, 3.8) is 0 Å². The SMILES string of the molecule is CCCCCCCCCCOc1ccc(C(=O)Oc2ccc(/C=C/C(=O)OCCC)cc2)cc1. The molecule has 0 spiro atoms. The number of hydrogen-bond acceptors (Lipinski definition) is 5. The van der Waals surface area contributed by atoms with E-state index in [1.54, 1.807) is 54.6 Å². The van der Waals surface area contributed by atoms with Crippen molar-refractivity contribution in [2.24, 2.45) is 0 Å². The van der Waals surface area contributed by atoms with Gasteiger partial charge < -0.3 is 14.2 Å². The molecule has 2 aromatic rings. The van der Waals surface area contributed by atoms with Gasteiger partial charge in [0.05, 0.1) is 18.8 Å². The van der Waals surface area contributed by atoms with Gasteiger partial charge in [-0.15, -0.1) is 0 Å². The van der Waals surface area contributed by atoms with E-state index >= 15 is 0 Å². The fourth-order valence-electron chi connectivity index (χ4n) is 3.34. The summed E-state index contributed by atoms with van der Waals surface area (Å²) in [5.41, 5.74) is 1.27. The minimum atomic E-state index is -0.430. The predicted octanol–water partition coefficient (Wildman–Crippen LogP) is 7.39. The Balaban J connectivity index is 1.70. The van der Waals surface area contributed by atoms with E-state index in [-0.39, 0.29) is 5.97 Å². The van der Waals surface area contributed by atoms with Gasteiger partial charge >= 0.3 is 11.9 Å². The van der Waals surface area contributed by atoms with Crippen LogP contribution in [0.5, 0.6) is 11.5 Å². The molecule has 5 heteroatoms. The summed E-state index contributed by atoms with van der Waals surface area (Å²) in [6, 6.07) is 13.9. The summed E-state index contributed by atoms with van der Waals surface area (Å²) in [7, 11) is 0. The third-order valence-electron chi connectivity index (χ3n) is 5.31. The van der Waals surface area contributed by atoms with E-state index in [4.69, 9.17) is 14.2 Å². The minimum absolute atomic E-state index is 0.373. The molecule has 0 radical (unpaired) electrons. The molecule has 2 rings (SSSR count).